The molecule has 0 aromatic carbocycles. The molecule has 0 bridgehead atoms. The zero-order valence-corrected chi connectivity index (χ0v) is 8.27. The Morgan fingerprint density at radius 2 is 1.79 bits per heavy atom. The summed E-state index contributed by atoms with van der Waals surface area (Å²) >= 11 is 0. The molecule has 0 unspecified atom stereocenters. The molecule has 0 aromatic heterocycles. The average molecular weight is 206 g/mol. The first-order chi connectivity index (χ1) is 6.45. The fourth-order valence-electron chi connectivity index (χ4n) is 0.548. The number of aliphatic carboxylic acids is 2. The lowest BCUT2D eigenvalue weighted by Crippen LogP contribution is -2.29. The van der Waals surface area contributed by atoms with Gasteiger partial charge < -0.3 is 21.7 Å². The Bertz CT molecular complexity index is 173. The van der Waals surface area contributed by atoms with Crippen molar-refractivity contribution in [3.63, 3.8) is 0 Å². The van der Waals surface area contributed by atoms with E-state index in [0.717, 1.165) is 12.8 Å². The number of carboxylic acid groups (broad SMARTS) is 2. The molecule has 0 fully saturated rings. The average Bonchev–Trinajstić information content (AvgIpc) is 2.14. The van der Waals surface area contributed by atoms with Gasteiger partial charge in [-0.3, -0.25) is 9.59 Å². The summed E-state index contributed by atoms with van der Waals surface area (Å²) in [6.45, 7) is 1.73. The molecule has 14 heavy (non-hydrogen) atoms. The van der Waals surface area contributed by atoms with E-state index in [-0.39, 0.29) is 6.54 Å². The summed E-state index contributed by atoms with van der Waals surface area (Å²) in [5.74, 6) is -1.87. The second kappa shape index (κ2) is 9.94. The van der Waals surface area contributed by atoms with Crippen LogP contribution in [-0.4, -0.2) is 34.7 Å². The Labute approximate surface area is 82.9 Å². The van der Waals surface area contributed by atoms with Crippen molar-refractivity contribution in [2.45, 2.75) is 32.2 Å². The van der Waals surface area contributed by atoms with Gasteiger partial charge in [-0.05, 0) is 6.42 Å². The molecule has 0 saturated heterocycles. The first-order valence-corrected chi connectivity index (χ1v) is 4.35. The van der Waals surface area contributed by atoms with Crippen molar-refractivity contribution in [2.24, 2.45) is 11.5 Å². The molecule has 0 heterocycles. The number of nitrogens with two attached hydrogens (primary N) is 2. The molecule has 0 aliphatic rings. The number of carboxylic acids is 2. The van der Waals surface area contributed by atoms with E-state index in [1.54, 1.807) is 0 Å². The van der Waals surface area contributed by atoms with Crippen LogP contribution in [0.15, 0.2) is 0 Å². The van der Waals surface area contributed by atoms with Gasteiger partial charge in [0.25, 0.3) is 0 Å². The summed E-state index contributed by atoms with van der Waals surface area (Å²) in [7, 11) is 0. The monoisotopic (exact) mass is 206 g/mol. The number of unbranched alkanes of at least 4 members (excludes halogenated alkanes) is 1. The van der Waals surface area contributed by atoms with Crippen molar-refractivity contribution < 1.29 is 19.8 Å². The maximum atomic E-state index is 10.1. The van der Waals surface area contributed by atoms with Crippen LogP contribution in [-0.2, 0) is 9.59 Å². The van der Waals surface area contributed by atoms with Crippen LogP contribution in [0.3, 0.4) is 0 Å². The Hall–Kier alpha value is -1.14. The SMILES string of the molecule is CCCC[C@H](N)C(=O)O.NCC(=O)O. The molecular weight excluding hydrogens is 188 g/mol. The summed E-state index contributed by atoms with van der Waals surface area (Å²) < 4.78 is 0. The van der Waals surface area contributed by atoms with Crippen molar-refractivity contribution >= 4 is 11.9 Å². The van der Waals surface area contributed by atoms with Crippen LogP contribution in [0.1, 0.15) is 26.2 Å². The zero-order valence-electron chi connectivity index (χ0n) is 8.27. The molecule has 1 atom stereocenters. The molecular formula is C8H18N2O4. The number of carbonyl (C=O) groups is 2. The Balaban J connectivity index is 0. The van der Waals surface area contributed by atoms with E-state index in [1.165, 1.54) is 0 Å². The largest absolute Gasteiger partial charge is 0.480 e. The van der Waals surface area contributed by atoms with Gasteiger partial charge in [0.05, 0.1) is 6.54 Å². The normalized spacial score (nSPS) is 11.1. The lowest BCUT2D eigenvalue weighted by molar-refractivity contribution is -0.138. The molecule has 0 aromatic rings. The van der Waals surface area contributed by atoms with Crippen LogP contribution in [0, 0.1) is 0 Å². The van der Waals surface area contributed by atoms with Gasteiger partial charge in [-0.25, -0.2) is 0 Å². The van der Waals surface area contributed by atoms with Gasteiger partial charge in [0.15, 0.2) is 0 Å². The zero-order chi connectivity index (χ0) is 11.6. The Morgan fingerprint density at radius 3 is 2.00 bits per heavy atom. The topological polar surface area (TPSA) is 127 Å². The van der Waals surface area contributed by atoms with Gasteiger partial charge in [-0.2, -0.15) is 0 Å². The summed E-state index contributed by atoms with van der Waals surface area (Å²) in [6.07, 6.45) is 2.49. The predicted molar refractivity (Wildman–Crippen MR) is 51.8 cm³/mol. The van der Waals surface area contributed by atoms with E-state index >= 15 is 0 Å². The van der Waals surface area contributed by atoms with Crippen LogP contribution in [0.25, 0.3) is 0 Å². The van der Waals surface area contributed by atoms with Crippen LogP contribution >= 0.6 is 0 Å². The van der Waals surface area contributed by atoms with Gasteiger partial charge in [-0.1, -0.05) is 19.8 Å². The Kier molecular flexibility index (Phi) is 10.9. The summed E-state index contributed by atoms with van der Waals surface area (Å²) in [4.78, 5) is 19.3. The van der Waals surface area contributed by atoms with E-state index in [9.17, 15) is 9.59 Å². The van der Waals surface area contributed by atoms with Crippen LogP contribution in [0.2, 0.25) is 0 Å². The molecule has 84 valence electrons. The molecule has 0 rings (SSSR count). The van der Waals surface area contributed by atoms with Gasteiger partial charge in [0.2, 0.25) is 0 Å². The summed E-state index contributed by atoms with van der Waals surface area (Å²) in [6, 6.07) is -0.662. The second-order valence-corrected chi connectivity index (χ2v) is 2.68. The molecule has 0 spiro atoms. The third kappa shape index (κ3) is 13.4. The highest BCUT2D eigenvalue weighted by Gasteiger charge is 2.08. The molecule has 0 aliphatic carbocycles. The smallest absolute Gasteiger partial charge is 0.320 e. The summed E-state index contributed by atoms with van der Waals surface area (Å²) in [5, 5.41) is 15.9. The minimum absolute atomic E-state index is 0.278. The summed E-state index contributed by atoms with van der Waals surface area (Å²) in [5.41, 5.74) is 9.77. The molecule has 6 heteroatoms. The molecule has 0 aliphatic heterocycles. The van der Waals surface area contributed by atoms with E-state index in [4.69, 9.17) is 15.9 Å². The molecule has 0 saturated carbocycles. The van der Waals surface area contributed by atoms with Crippen molar-refractivity contribution in [3.8, 4) is 0 Å². The highest BCUT2D eigenvalue weighted by Crippen LogP contribution is 1.96. The van der Waals surface area contributed by atoms with Crippen LogP contribution in [0.5, 0.6) is 0 Å². The standard InChI is InChI=1S/C6H13NO2.C2H5NO2/c1-2-3-4-5(7)6(8)9;3-1-2(4)5/h5H,2-4,7H2,1H3,(H,8,9);1,3H2,(H,4,5)/t5-;/m0./s1. The lowest BCUT2D eigenvalue weighted by Gasteiger charge is -2.02. The van der Waals surface area contributed by atoms with Crippen LogP contribution < -0.4 is 11.5 Å². The minimum atomic E-state index is -0.968. The third-order valence-corrected chi connectivity index (χ3v) is 1.36. The molecule has 6 N–H and O–H groups in total. The fraction of sp³-hybridized carbons (Fsp3) is 0.750. The lowest BCUT2D eigenvalue weighted by atomic mass is 10.1. The molecule has 0 radical (unpaired) electrons. The van der Waals surface area contributed by atoms with Gasteiger partial charge in [-0.15, -0.1) is 0 Å². The van der Waals surface area contributed by atoms with Crippen LogP contribution in [0.4, 0.5) is 0 Å². The maximum Gasteiger partial charge on any atom is 0.320 e. The highest BCUT2D eigenvalue weighted by molar-refractivity contribution is 5.72. The second-order valence-electron chi connectivity index (χ2n) is 2.68. The predicted octanol–water partition coefficient (Wildman–Crippen LogP) is -0.382. The van der Waals surface area contributed by atoms with Crippen molar-refractivity contribution in [1.29, 1.82) is 0 Å². The van der Waals surface area contributed by atoms with Crippen molar-refractivity contribution in [3.05, 3.63) is 0 Å². The first kappa shape index (κ1) is 15.3. The maximum absolute atomic E-state index is 10.1. The van der Waals surface area contributed by atoms with Crippen molar-refractivity contribution in [1.82, 2.24) is 0 Å². The molecule has 6 nitrogen and oxygen atoms in total. The quantitative estimate of drug-likeness (QED) is 0.485. The third-order valence-electron chi connectivity index (χ3n) is 1.36. The van der Waals surface area contributed by atoms with E-state index in [2.05, 4.69) is 5.73 Å². The van der Waals surface area contributed by atoms with Gasteiger partial charge in [0.1, 0.15) is 6.04 Å². The molecule has 0 amide bonds. The number of hydrogen-bond acceptors (Lipinski definition) is 4. The van der Waals surface area contributed by atoms with E-state index in [1.807, 2.05) is 6.92 Å². The van der Waals surface area contributed by atoms with E-state index in [0.29, 0.717) is 6.42 Å². The Morgan fingerprint density at radius 1 is 1.36 bits per heavy atom. The number of rotatable bonds is 5. The van der Waals surface area contributed by atoms with Crippen molar-refractivity contribution in [2.75, 3.05) is 6.54 Å². The van der Waals surface area contributed by atoms with Gasteiger partial charge >= 0.3 is 11.9 Å². The van der Waals surface area contributed by atoms with Gasteiger partial charge in [0, 0.05) is 0 Å². The minimum Gasteiger partial charge on any atom is -0.480 e. The highest BCUT2D eigenvalue weighted by atomic mass is 16.4. The number of hydrogen-bond donors (Lipinski definition) is 4. The fourth-order valence-corrected chi connectivity index (χ4v) is 0.548. The first-order valence-electron chi connectivity index (χ1n) is 4.35. The van der Waals surface area contributed by atoms with E-state index < -0.39 is 18.0 Å².